The largest absolute Gasteiger partial charge is 0.303 e. The summed E-state index contributed by atoms with van der Waals surface area (Å²) in [4.78, 5) is 2.32. The van der Waals surface area contributed by atoms with E-state index in [1.807, 2.05) is 11.8 Å². The molecule has 0 aliphatic carbocycles. The number of hydrogen-bond acceptors (Lipinski definition) is 4. The Balaban J connectivity index is 2.37. The summed E-state index contributed by atoms with van der Waals surface area (Å²) in [7, 11) is -0.634. The van der Waals surface area contributed by atoms with Crippen LogP contribution in [-0.4, -0.2) is 56.5 Å². The highest BCUT2D eigenvalue weighted by atomic mass is 32.2. The van der Waals surface area contributed by atoms with Gasteiger partial charge in [-0.1, -0.05) is 0 Å². The van der Waals surface area contributed by atoms with Gasteiger partial charge in [-0.05, 0) is 51.2 Å². The molecule has 0 saturated carbocycles. The van der Waals surface area contributed by atoms with Crippen LogP contribution in [0.1, 0.15) is 26.2 Å². The van der Waals surface area contributed by atoms with Crippen molar-refractivity contribution in [2.75, 3.05) is 37.1 Å². The Hall–Kier alpha value is 0.260. The SMILES string of the molecule is CSCCC(C)N(C)CC1CCCS(=O)(=O)C1. The number of nitrogens with zero attached hydrogens (tertiary/aromatic N) is 1. The summed E-state index contributed by atoms with van der Waals surface area (Å²) in [5.74, 6) is 2.31. The Morgan fingerprint density at radius 2 is 2.18 bits per heavy atom. The first-order valence-electron chi connectivity index (χ1n) is 6.34. The van der Waals surface area contributed by atoms with E-state index in [9.17, 15) is 8.42 Å². The van der Waals surface area contributed by atoms with Gasteiger partial charge in [0.15, 0.2) is 9.84 Å². The Morgan fingerprint density at radius 3 is 2.76 bits per heavy atom. The summed E-state index contributed by atoms with van der Waals surface area (Å²) < 4.78 is 23.1. The van der Waals surface area contributed by atoms with Gasteiger partial charge in [0.25, 0.3) is 0 Å². The molecule has 3 nitrogen and oxygen atoms in total. The first-order chi connectivity index (χ1) is 7.94. The monoisotopic (exact) mass is 279 g/mol. The minimum Gasteiger partial charge on any atom is -0.303 e. The lowest BCUT2D eigenvalue weighted by atomic mass is 10.0. The second-order valence-corrected chi connectivity index (χ2v) is 8.41. The van der Waals surface area contributed by atoms with Gasteiger partial charge >= 0.3 is 0 Å². The molecule has 1 aliphatic rings. The molecule has 1 saturated heterocycles. The van der Waals surface area contributed by atoms with E-state index in [1.54, 1.807) is 0 Å². The average molecular weight is 279 g/mol. The second kappa shape index (κ2) is 7.00. The number of thioether (sulfide) groups is 1. The third-order valence-corrected chi connectivity index (χ3v) is 6.13. The first-order valence-corrected chi connectivity index (χ1v) is 9.55. The lowest BCUT2D eigenvalue weighted by molar-refractivity contribution is 0.214. The second-order valence-electron chi connectivity index (χ2n) is 5.19. The minimum absolute atomic E-state index is 0.343. The molecular weight excluding hydrogens is 254 g/mol. The molecule has 2 atom stereocenters. The van der Waals surface area contributed by atoms with E-state index in [-0.39, 0.29) is 0 Å². The van der Waals surface area contributed by atoms with Gasteiger partial charge < -0.3 is 4.90 Å². The van der Waals surface area contributed by atoms with Crippen LogP contribution in [0.2, 0.25) is 0 Å². The van der Waals surface area contributed by atoms with Crippen molar-refractivity contribution in [3.05, 3.63) is 0 Å². The van der Waals surface area contributed by atoms with Gasteiger partial charge in [0.2, 0.25) is 0 Å². The van der Waals surface area contributed by atoms with E-state index in [1.165, 1.54) is 12.2 Å². The predicted octanol–water partition coefficient (Wildman–Crippen LogP) is 1.88. The van der Waals surface area contributed by atoms with Crippen molar-refractivity contribution in [2.24, 2.45) is 5.92 Å². The van der Waals surface area contributed by atoms with Crippen molar-refractivity contribution in [3.63, 3.8) is 0 Å². The maximum absolute atomic E-state index is 11.6. The molecule has 102 valence electrons. The smallest absolute Gasteiger partial charge is 0.150 e. The molecule has 2 unspecified atom stereocenters. The van der Waals surface area contributed by atoms with Gasteiger partial charge in [0, 0.05) is 12.6 Å². The third kappa shape index (κ3) is 5.62. The molecule has 17 heavy (non-hydrogen) atoms. The van der Waals surface area contributed by atoms with Crippen molar-refractivity contribution in [2.45, 2.75) is 32.2 Å². The molecule has 0 bridgehead atoms. The van der Waals surface area contributed by atoms with Crippen molar-refractivity contribution in [1.82, 2.24) is 4.90 Å². The van der Waals surface area contributed by atoms with Crippen LogP contribution in [0.4, 0.5) is 0 Å². The predicted molar refractivity (Wildman–Crippen MR) is 76.5 cm³/mol. The van der Waals surface area contributed by atoms with Crippen LogP contribution in [0.15, 0.2) is 0 Å². The maximum atomic E-state index is 11.6. The van der Waals surface area contributed by atoms with Crippen molar-refractivity contribution < 1.29 is 8.42 Å². The molecule has 0 amide bonds. The van der Waals surface area contributed by atoms with Crippen LogP contribution in [0.5, 0.6) is 0 Å². The molecule has 0 aromatic rings. The molecule has 0 N–H and O–H groups in total. The zero-order chi connectivity index (χ0) is 12.9. The lowest BCUT2D eigenvalue weighted by Gasteiger charge is -2.30. The molecule has 5 heteroatoms. The fraction of sp³-hybridized carbons (Fsp3) is 1.00. The highest BCUT2D eigenvalue weighted by Crippen LogP contribution is 2.20. The molecule has 0 radical (unpaired) electrons. The van der Waals surface area contributed by atoms with Gasteiger partial charge in [0.05, 0.1) is 11.5 Å². The zero-order valence-electron chi connectivity index (χ0n) is 11.2. The van der Waals surface area contributed by atoms with E-state index < -0.39 is 9.84 Å². The topological polar surface area (TPSA) is 37.4 Å². The zero-order valence-corrected chi connectivity index (χ0v) is 12.8. The minimum atomic E-state index is -2.75. The molecule has 0 aromatic carbocycles. The van der Waals surface area contributed by atoms with Gasteiger partial charge in [-0.2, -0.15) is 11.8 Å². The number of sulfone groups is 1. The molecule has 1 heterocycles. The van der Waals surface area contributed by atoms with Gasteiger partial charge in [0.1, 0.15) is 0 Å². The third-order valence-electron chi connectivity index (χ3n) is 3.60. The number of rotatable bonds is 6. The Bertz CT molecular complexity index is 316. The quantitative estimate of drug-likeness (QED) is 0.744. The van der Waals surface area contributed by atoms with Gasteiger partial charge in [-0.25, -0.2) is 8.42 Å². The van der Waals surface area contributed by atoms with Crippen LogP contribution in [0.25, 0.3) is 0 Å². The Labute approximate surface area is 110 Å². The van der Waals surface area contributed by atoms with E-state index in [0.717, 1.165) is 19.4 Å². The van der Waals surface area contributed by atoms with Gasteiger partial charge in [-0.3, -0.25) is 0 Å². The fourth-order valence-electron chi connectivity index (χ4n) is 2.36. The standard InChI is InChI=1S/C12H25NO2S2/c1-11(6-7-16-3)13(2)9-12-5-4-8-17(14,15)10-12/h11-12H,4-10H2,1-3H3. The molecule has 1 aliphatic heterocycles. The molecule has 0 spiro atoms. The molecule has 1 rings (SSSR count). The van der Waals surface area contributed by atoms with Crippen LogP contribution in [0.3, 0.4) is 0 Å². The van der Waals surface area contributed by atoms with E-state index in [0.29, 0.717) is 23.5 Å². The highest BCUT2D eigenvalue weighted by molar-refractivity contribution is 7.98. The lowest BCUT2D eigenvalue weighted by Crippen LogP contribution is -2.38. The Kier molecular flexibility index (Phi) is 6.31. The molecule has 1 fully saturated rings. The van der Waals surface area contributed by atoms with Crippen molar-refractivity contribution in [1.29, 1.82) is 0 Å². The van der Waals surface area contributed by atoms with Crippen LogP contribution >= 0.6 is 11.8 Å². The van der Waals surface area contributed by atoms with Crippen molar-refractivity contribution >= 4 is 21.6 Å². The normalized spacial score (nSPS) is 26.0. The molecular formula is C12H25NO2S2. The van der Waals surface area contributed by atoms with Crippen molar-refractivity contribution in [3.8, 4) is 0 Å². The number of hydrogen-bond donors (Lipinski definition) is 0. The summed E-state index contributed by atoms with van der Waals surface area (Å²) in [6.07, 6.45) is 5.22. The summed E-state index contributed by atoms with van der Waals surface area (Å²) in [5, 5.41) is 0. The maximum Gasteiger partial charge on any atom is 0.150 e. The van der Waals surface area contributed by atoms with E-state index >= 15 is 0 Å². The van der Waals surface area contributed by atoms with Crippen LogP contribution < -0.4 is 0 Å². The Morgan fingerprint density at radius 1 is 1.47 bits per heavy atom. The molecule has 0 aromatic heterocycles. The summed E-state index contributed by atoms with van der Waals surface area (Å²) >= 11 is 1.87. The fourth-order valence-corrected chi connectivity index (χ4v) is 4.70. The highest BCUT2D eigenvalue weighted by Gasteiger charge is 2.26. The average Bonchev–Trinajstić information content (AvgIpc) is 2.24. The summed E-state index contributed by atoms with van der Waals surface area (Å²) in [5.41, 5.74) is 0. The van der Waals surface area contributed by atoms with E-state index in [2.05, 4.69) is 25.1 Å². The van der Waals surface area contributed by atoms with Gasteiger partial charge in [-0.15, -0.1) is 0 Å². The van der Waals surface area contributed by atoms with Crippen LogP contribution in [-0.2, 0) is 9.84 Å². The van der Waals surface area contributed by atoms with Crippen LogP contribution in [0, 0.1) is 5.92 Å². The van der Waals surface area contributed by atoms with E-state index in [4.69, 9.17) is 0 Å². The first kappa shape index (κ1) is 15.3. The summed E-state index contributed by atoms with van der Waals surface area (Å²) in [6, 6.07) is 0.548. The summed E-state index contributed by atoms with van der Waals surface area (Å²) in [6.45, 7) is 3.16.